The van der Waals surface area contributed by atoms with Gasteiger partial charge in [0.15, 0.2) is 0 Å². The zero-order chi connectivity index (χ0) is 21.1. The molecule has 8 nitrogen and oxygen atoms in total. The Morgan fingerprint density at radius 1 is 1.30 bits per heavy atom. The Bertz CT molecular complexity index is 973. The van der Waals surface area contributed by atoms with E-state index >= 15 is 0 Å². The minimum Gasteiger partial charge on any atom is -0.410 e. The Kier molecular flexibility index (Phi) is 5.91. The molecule has 0 radical (unpaired) electrons. The molecule has 2 aromatic rings. The first-order chi connectivity index (χ1) is 14.5. The van der Waals surface area contributed by atoms with Crippen LogP contribution in [-0.4, -0.2) is 46.6 Å². The van der Waals surface area contributed by atoms with Crippen LogP contribution in [0.1, 0.15) is 44.1 Å². The number of ether oxygens (including phenoxy) is 1. The number of carbonyl (C=O) groups excluding carboxylic acids is 2. The van der Waals surface area contributed by atoms with Crippen LogP contribution in [0.25, 0.3) is 10.9 Å². The standard InChI is InChI=1S/C22H27N5O3/c23-12-16-6-3-9-27(16)21(28)19(24)10-14-13-25-20-8-7-17(11-18(14)20)30-22(29)26-15-4-1-2-5-15/h7-8,11,13,15-16,19,25H,1-6,9-10,24H2,(H,26,29)/t16-,19-/m0/s1. The smallest absolute Gasteiger partial charge is 0.410 e. The van der Waals surface area contributed by atoms with Crippen LogP contribution in [0.5, 0.6) is 5.75 Å². The summed E-state index contributed by atoms with van der Waals surface area (Å²) in [6.45, 7) is 0.576. The number of hydrogen-bond acceptors (Lipinski definition) is 5. The van der Waals surface area contributed by atoms with Crippen molar-refractivity contribution in [3.05, 3.63) is 30.0 Å². The third-order valence-electron chi connectivity index (χ3n) is 6.07. The van der Waals surface area contributed by atoms with Gasteiger partial charge in [0, 0.05) is 29.7 Å². The summed E-state index contributed by atoms with van der Waals surface area (Å²) < 4.78 is 5.46. The first-order valence-corrected chi connectivity index (χ1v) is 10.6. The largest absolute Gasteiger partial charge is 0.412 e. The number of nitrogens with one attached hydrogen (secondary N) is 2. The number of nitriles is 1. The molecule has 0 spiro atoms. The Morgan fingerprint density at radius 3 is 2.87 bits per heavy atom. The van der Waals surface area contributed by atoms with Gasteiger partial charge < -0.3 is 25.7 Å². The molecule has 8 heteroatoms. The van der Waals surface area contributed by atoms with Gasteiger partial charge in [0.25, 0.3) is 0 Å². The van der Waals surface area contributed by atoms with E-state index in [0.717, 1.165) is 48.6 Å². The van der Waals surface area contributed by atoms with Crippen molar-refractivity contribution in [1.82, 2.24) is 15.2 Å². The zero-order valence-corrected chi connectivity index (χ0v) is 16.9. The fraction of sp³-hybridized carbons (Fsp3) is 0.500. The zero-order valence-electron chi connectivity index (χ0n) is 16.9. The fourth-order valence-electron chi connectivity index (χ4n) is 4.47. The van der Waals surface area contributed by atoms with Gasteiger partial charge in [-0.25, -0.2) is 4.79 Å². The summed E-state index contributed by atoms with van der Waals surface area (Å²) in [5.74, 6) is 0.250. The normalized spacial score (nSPS) is 20.3. The molecule has 1 saturated heterocycles. The number of aromatic amines is 1. The van der Waals surface area contributed by atoms with Crippen molar-refractivity contribution in [3.63, 3.8) is 0 Å². The number of nitrogens with two attached hydrogens (primary N) is 1. The van der Waals surface area contributed by atoms with Crippen LogP contribution >= 0.6 is 0 Å². The predicted molar refractivity (Wildman–Crippen MR) is 112 cm³/mol. The summed E-state index contributed by atoms with van der Waals surface area (Å²) in [6.07, 6.45) is 7.50. The first kappa shape index (κ1) is 20.2. The molecular weight excluding hydrogens is 382 g/mol. The Morgan fingerprint density at radius 2 is 2.10 bits per heavy atom. The molecule has 4 N–H and O–H groups in total. The van der Waals surface area contributed by atoms with Crippen molar-refractivity contribution in [2.75, 3.05) is 6.54 Å². The van der Waals surface area contributed by atoms with Crippen LogP contribution in [0.15, 0.2) is 24.4 Å². The quantitative estimate of drug-likeness (QED) is 0.700. The van der Waals surface area contributed by atoms with Gasteiger partial charge in [-0.05, 0) is 55.9 Å². The summed E-state index contributed by atoms with van der Waals surface area (Å²) in [5.41, 5.74) is 7.95. The van der Waals surface area contributed by atoms with E-state index < -0.39 is 12.1 Å². The second kappa shape index (κ2) is 8.76. The van der Waals surface area contributed by atoms with E-state index in [9.17, 15) is 14.9 Å². The van der Waals surface area contributed by atoms with Crippen LogP contribution < -0.4 is 15.8 Å². The number of likely N-dealkylation sites (tertiary alicyclic amines) is 1. The Hall–Kier alpha value is -3.05. The van der Waals surface area contributed by atoms with Crippen molar-refractivity contribution >= 4 is 22.9 Å². The van der Waals surface area contributed by atoms with E-state index in [4.69, 9.17) is 10.5 Å². The van der Waals surface area contributed by atoms with Gasteiger partial charge in [0.2, 0.25) is 5.91 Å². The minimum absolute atomic E-state index is 0.191. The lowest BCUT2D eigenvalue weighted by Crippen LogP contribution is -2.46. The molecular formula is C22H27N5O3. The van der Waals surface area contributed by atoms with Crippen molar-refractivity contribution < 1.29 is 14.3 Å². The lowest BCUT2D eigenvalue weighted by atomic mass is 10.0. The summed E-state index contributed by atoms with van der Waals surface area (Å²) in [4.78, 5) is 29.6. The second-order valence-electron chi connectivity index (χ2n) is 8.17. The predicted octanol–water partition coefficient (Wildman–Crippen LogP) is 2.58. The number of nitrogens with zero attached hydrogens (tertiary/aromatic N) is 2. The number of rotatable bonds is 5. The molecule has 30 heavy (non-hydrogen) atoms. The van der Waals surface area contributed by atoms with Gasteiger partial charge in [0.05, 0.1) is 12.1 Å². The average Bonchev–Trinajstić information content (AvgIpc) is 3.48. The number of carbonyl (C=O) groups is 2. The molecule has 1 saturated carbocycles. The molecule has 2 aliphatic rings. The van der Waals surface area contributed by atoms with Gasteiger partial charge in [-0.1, -0.05) is 12.8 Å². The molecule has 4 rings (SSSR count). The fourth-order valence-corrected chi connectivity index (χ4v) is 4.47. The molecule has 0 unspecified atom stereocenters. The van der Waals surface area contributed by atoms with Crippen molar-refractivity contribution in [3.8, 4) is 11.8 Å². The van der Waals surface area contributed by atoms with Crippen LogP contribution in [0.4, 0.5) is 4.79 Å². The van der Waals surface area contributed by atoms with Gasteiger partial charge in [-0.2, -0.15) is 5.26 Å². The maximum absolute atomic E-state index is 12.7. The molecule has 158 valence electrons. The second-order valence-corrected chi connectivity index (χ2v) is 8.17. The van der Waals surface area contributed by atoms with Crippen LogP contribution in [0.2, 0.25) is 0 Å². The van der Waals surface area contributed by atoms with Crippen LogP contribution in [0, 0.1) is 11.3 Å². The monoisotopic (exact) mass is 409 g/mol. The number of aromatic nitrogens is 1. The maximum Gasteiger partial charge on any atom is 0.412 e. The van der Waals surface area contributed by atoms with Crippen LogP contribution in [-0.2, 0) is 11.2 Å². The number of benzene rings is 1. The Balaban J connectivity index is 1.44. The molecule has 2 heterocycles. The lowest BCUT2D eigenvalue weighted by Gasteiger charge is -2.23. The Labute approximate surface area is 175 Å². The van der Waals surface area contributed by atoms with Gasteiger partial charge in [-0.15, -0.1) is 0 Å². The number of hydrogen-bond donors (Lipinski definition) is 3. The van der Waals surface area contributed by atoms with E-state index in [2.05, 4.69) is 16.4 Å². The highest BCUT2D eigenvalue weighted by atomic mass is 16.6. The maximum atomic E-state index is 12.7. The molecule has 1 aromatic carbocycles. The molecule has 2 atom stereocenters. The summed E-state index contributed by atoms with van der Waals surface area (Å²) >= 11 is 0. The minimum atomic E-state index is -0.729. The number of amides is 2. The molecule has 1 aliphatic carbocycles. The van der Waals surface area contributed by atoms with E-state index in [-0.39, 0.29) is 18.0 Å². The highest BCUT2D eigenvalue weighted by Gasteiger charge is 2.32. The van der Waals surface area contributed by atoms with Crippen LogP contribution in [0.3, 0.4) is 0 Å². The highest BCUT2D eigenvalue weighted by Crippen LogP contribution is 2.26. The van der Waals surface area contributed by atoms with E-state index in [0.29, 0.717) is 25.1 Å². The van der Waals surface area contributed by atoms with Crippen molar-refractivity contribution in [2.45, 2.75) is 63.1 Å². The average molecular weight is 409 g/mol. The van der Waals surface area contributed by atoms with Crippen molar-refractivity contribution in [1.29, 1.82) is 5.26 Å². The molecule has 2 amide bonds. The first-order valence-electron chi connectivity index (χ1n) is 10.6. The highest BCUT2D eigenvalue weighted by molar-refractivity contribution is 5.88. The summed E-state index contributed by atoms with van der Waals surface area (Å²) in [6, 6.07) is 6.63. The number of fused-ring (bicyclic) bond motifs is 1. The third-order valence-corrected chi connectivity index (χ3v) is 6.07. The lowest BCUT2D eigenvalue weighted by molar-refractivity contribution is -0.132. The third kappa shape index (κ3) is 4.26. The van der Waals surface area contributed by atoms with E-state index in [1.165, 1.54) is 0 Å². The molecule has 1 aliphatic heterocycles. The van der Waals surface area contributed by atoms with Gasteiger partial charge in [-0.3, -0.25) is 4.79 Å². The number of H-pyrrole nitrogens is 1. The van der Waals surface area contributed by atoms with Crippen molar-refractivity contribution in [2.24, 2.45) is 5.73 Å². The molecule has 1 aromatic heterocycles. The topological polar surface area (TPSA) is 124 Å². The van der Waals surface area contributed by atoms with E-state index in [1.807, 2.05) is 12.3 Å². The van der Waals surface area contributed by atoms with Gasteiger partial charge in [0.1, 0.15) is 11.8 Å². The van der Waals surface area contributed by atoms with E-state index in [1.54, 1.807) is 17.0 Å². The molecule has 0 bridgehead atoms. The van der Waals surface area contributed by atoms with Gasteiger partial charge >= 0.3 is 6.09 Å². The summed E-state index contributed by atoms with van der Waals surface area (Å²) in [5, 5.41) is 13.0. The molecule has 2 fully saturated rings. The summed E-state index contributed by atoms with van der Waals surface area (Å²) in [7, 11) is 0. The SMILES string of the molecule is N#C[C@@H]1CCCN1C(=O)[C@@H](N)Cc1c[nH]c2ccc(OC(=O)NC3CCCC3)cc12.